The van der Waals surface area contributed by atoms with Gasteiger partial charge in [0.1, 0.15) is 10.7 Å². The molecule has 0 radical (unpaired) electrons. The smallest absolute Gasteiger partial charge is 0.243 e. The molecule has 0 atom stereocenters. The van der Waals surface area contributed by atoms with Crippen molar-refractivity contribution in [1.82, 2.24) is 10.0 Å². The van der Waals surface area contributed by atoms with Crippen LogP contribution in [-0.4, -0.2) is 21.5 Å². The number of hydrogen-bond acceptors (Lipinski definition) is 3. The molecule has 6 heteroatoms. The van der Waals surface area contributed by atoms with Gasteiger partial charge >= 0.3 is 0 Å². The largest absolute Gasteiger partial charge is 0.313 e. The van der Waals surface area contributed by atoms with Gasteiger partial charge in [-0.3, -0.25) is 0 Å². The molecule has 0 bridgehead atoms. The van der Waals surface area contributed by atoms with Crippen LogP contribution in [0.2, 0.25) is 0 Å². The second-order valence-electron chi connectivity index (χ2n) is 5.05. The summed E-state index contributed by atoms with van der Waals surface area (Å²) in [6.07, 6.45) is 3.72. The Bertz CT molecular complexity index is 532. The van der Waals surface area contributed by atoms with Crippen molar-refractivity contribution in [2.75, 3.05) is 13.1 Å². The van der Waals surface area contributed by atoms with Gasteiger partial charge in [-0.1, -0.05) is 32.8 Å². The van der Waals surface area contributed by atoms with Crippen LogP contribution in [0.4, 0.5) is 4.39 Å². The number of sulfonamides is 1. The molecule has 0 unspecified atom stereocenters. The summed E-state index contributed by atoms with van der Waals surface area (Å²) < 4.78 is 40.5. The normalized spacial score (nSPS) is 11.8. The lowest BCUT2D eigenvalue weighted by molar-refractivity contribution is 0.552. The third-order valence-corrected chi connectivity index (χ3v) is 4.61. The van der Waals surface area contributed by atoms with Crippen molar-refractivity contribution in [2.45, 2.75) is 51.0 Å². The van der Waals surface area contributed by atoms with Crippen molar-refractivity contribution >= 4 is 10.0 Å². The lowest BCUT2D eigenvalue weighted by Gasteiger charge is -2.09. The van der Waals surface area contributed by atoms with E-state index in [9.17, 15) is 12.8 Å². The van der Waals surface area contributed by atoms with E-state index in [-0.39, 0.29) is 4.90 Å². The molecule has 4 nitrogen and oxygen atoms in total. The Balaban J connectivity index is 2.69. The predicted molar refractivity (Wildman–Crippen MR) is 83.1 cm³/mol. The van der Waals surface area contributed by atoms with Crippen LogP contribution in [0.3, 0.4) is 0 Å². The zero-order chi connectivity index (χ0) is 15.7. The minimum atomic E-state index is -3.76. The van der Waals surface area contributed by atoms with E-state index in [2.05, 4.69) is 10.0 Å². The highest BCUT2D eigenvalue weighted by Gasteiger charge is 2.18. The molecule has 0 aliphatic rings. The van der Waals surface area contributed by atoms with Crippen LogP contribution in [0.1, 0.15) is 45.1 Å². The molecule has 1 aromatic carbocycles. The second kappa shape index (κ2) is 9.12. The van der Waals surface area contributed by atoms with Crippen LogP contribution in [0.25, 0.3) is 0 Å². The monoisotopic (exact) mass is 316 g/mol. The number of hydrogen-bond donors (Lipinski definition) is 2. The molecule has 2 N–H and O–H groups in total. The molecule has 0 heterocycles. The first kappa shape index (κ1) is 18.1. The van der Waals surface area contributed by atoms with Crippen molar-refractivity contribution in [3.63, 3.8) is 0 Å². The van der Waals surface area contributed by atoms with Crippen LogP contribution in [0.5, 0.6) is 0 Å². The highest BCUT2D eigenvalue weighted by atomic mass is 32.2. The Labute approximate surface area is 127 Å². The average Bonchev–Trinajstić information content (AvgIpc) is 2.44. The molecular formula is C15H25FN2O2S. The molecule has 0 aliphatic carbocycles. The fourth-order valence-electron chi connectivity index (χ4n) is 1.94. The van der Waals surface area contributed by atoms with Gasteiger partial charge in [0.05, 0.1) is 0 Å². The lowest BCUT2D eigenvalue weighted by Crippen LogP contribution is -2.25. The summed E-state index contributed by atoms with van der Waals surface area (Å²) in [7, 11) is -3.76. The van der Waals surface area contributed by atoms with Crippen molar-refractivity contribution in [3.8, 4) is 0 Å². The van der Waals surface area contributed by atoms with Gasteiger partial charge in [-0.05, 0) is 37.1 Å². The van der Waals surface area contributed by atoms with E-state index in [4.69, 9.17) is 0 Å². The van der Waals surface area contributed by atoms with Crippen LogP contribution in [0.15, 0.2) is 23.1 Å². The predicted octanol–water partition coefficient (Wildman–Crippen LogP) is 2.79. The first-order chi connectivity index (χ1) is 10.0. The van der Waals surface area contributed by atoms with E-state index >= 15 is 0 Å². The molecule has 0 aromatic heterocycles. The number of nitrogens with one attached hydrogen (secondary N) is 2. The van der Waals surface area contributed by atoms with Gasteiger partial charge in [0.2, 0.25) is 10.0 Å². The third-order valence-electron chi connectivity index (χ3n) is 3.11. The van der Waals surface area contributed by atoms with Gasteiger partial charge in [-0.15, -0.1) is 0 Å². The number of halogens is 1. The molecule has 120 valence electrons. The maximum absolute atomic E-state index is 14.0. The summed E-state index contributed by atoms with van der Waals surface area (Å²) in [5.41, 5.74) is 0.742. The highest BCUT2D eigenvalue weighted by molar-refractivity contribution is 7.89. The Morgan fingerprint density at radius 1 is 1.10 bits per heavy atom. The lowest BCUT2D eigenvalue weighted by atomic mass is 10.2. The Morgan fingerprint density at radius 2 is 1.86 bits per heavy atom. The van der Waals surface area contributed by atoms with E-state index < -0.39 is 15.8 Å². The van der Waals surface area contributed by atoms with Crippen molar-refractivity contribution in [3.05, 3.63) is 29.6 Å². The number of unbranched alkanes of at least 4 members (excludes halogenated alkanes) is 2. The maximum atomic E-state index is 14.0. The van der Waals surface area contributed by atoms with E-state index in [1.165, 1.54) is 12.1 Å². The first-order valence-corrected chi connectivity index (χ1v) is 8.98. The van der Waals surface area contributed by atoms with Gasteiger partial charge in [0, 0.05) is 13.1 Å². The molecule has 0 fully saturated rings. The number of benzene rings is 1. The Kier molecular flexibility index (Phi) is 7.85. The molecule has 0 aliphatic heterocycles. The molecule has 1 rings (SSSR count). The van der Waals surface area contributed by atoms with E-state index in [1.54, 1.807) is 6.07 Å². The van der Waals surface area contributed by atoms with E-state index in [1.807, 2.05) is 13.8 Å². The first-order valence-electron chi connectivity index (χ1n) is 7.50. The van der Waals surface area contributed by atoms with Crippen LogP contribution in [-0.2, 0) is 16.6 Å². The average molecular weight is 316 g/mol. The van der Waals surface area contributed by atoms with E-state index in [0.29, 0.717) is 13.1 Å². The zero-order valence-electron chi connectivity index (χ0n) is 12.8. The minimum Gasteiger partial charge on any atom is -0.313 e. The fraction of sp³-hybridized carbons (Fsp3) is 0.600. The van der Waals surface area contributed by atoms with Gasteiger partial charge < -0.3 is 5.32 Å². The summed E-state index contributed by atoms with van der Waals surface area (Å²) in [6.45, 7) is 5.82. The molecule has 0 saturated heterocycles. The maximum Gasteiger partial charge on any atom is 0.243 e. The highest BCUT2D eigenvalue weighted by Crippen LogP contribution is 2.16. The van der Waals surface area contributed by atoms with Gasteiger partial charge in [0.25, 0.3) is 0 Å². The molecule has 21 heavy (non-hydrogen) atoms. The van der Waals surface area contributed by atoms with Gasteiger partial charge in [-0.25, -0.2) is 17.5 Å². The quantitative estimate of drug-likeness (QED) is 0.653. The van der Waals surface area contributed by atoms with Crippen LogP contribution >= 0.6 is 0 Å². The summed E-state index contributed by atoms with van der Waals surface area (Å²) in [6, 6.07) is 4.26. The van der Waals surface area contributed by atoms with Crippen molar-refractivity contribution < 1.29 is 12.8 Å². The summed E-state index contributed by atoms with van der Waals surface area (Å²) in [5, 5.41) is 3.15. The van der Waals surface area contributed by atoms with Crippen molar-refractivity contribution in [1.29, 1.82) is 0 Å². The fourth-order valence-corrected chi connectivity index (χ4v) is 3.07. The molecule has 1 aromatic rings. The second-order valence-corrected chi connectivity index (χ2v) is 6.78. The Morgan fingerprint density at radius 3 is 2.48 bits per heavy atom. The SMILES string of the molecule is CCCCCNS(=O)(=O)c1ccc(CNCCC)cc1F. The van der Waals surface area contributed by atoms with Crippen LogP contribution in [0, 0.1) is 5.82 Å². The van der Waals surface area contributed by atoms with Crippen LogP contribution < -0.4 is 10.0 Å². The molecule has 0 amide bonds. The van der Waals surface area contributed by atoms with Crippen molar-refractivity contribution in [2.24, 2.45) is 0 Å². The topological polar surface area (TPSA) is 58.2 Å². The standard InChI is InChI=1S/C15H25FN2O2S/c1-3-5-6-10-18-21(19,20)15-8-7-13(11-14(15)16)12-17-9-4-2/h7-8,11,17-18H,3-6,9-10,12H2,1-2H3. The molecule has 0 spiro atoms. The Hall–Kier alpha value is -0.980. The summed E-state index contributed by atoms with van der Waals surface area (Å²) in [5.74, 6) is -0.700. The molecular weight excluding hydrogens is 291 g/mol. The minimum absolute atomic E-state index is 0.279. The third kappa shape index (κ3) is 6.11. The zero-order valence-corrected chi connectivity index (χ0v) is 13.6. The van der Waals surface area contributed by atoms with Gasteiger partial charge in [0.15, 0.2) is 0 Å². The summed E-state index contributed by atoms with van der Waals surface area (Å²) >= 11 is 0. The van der Waals surface area contributed by atoms with Gasteiger partial charge in [-0.2, -0.15) is 0 Å². The summed E-state index contributed by atoms with van der Waals surface area (Å²) in [4.78, 5) is -0.279. The molecule has 0 saturated carbocycles. The van der Waals surface area contributed by atoms with E-state index in [0.717, 1.165) is 37.8 Å². The number of rotatable bonds is 10.